The van der Waals surface area contributed by atoms with Crippen LogP contribution in [-0.4, -0.2) is 67.7 Å². The quantitative estimate of drug-likeness (QED) is 0.688. The lowest BCUT2D eigenvalue weighted by Crippen LogP contribution is -2.40. The number of nitrogens with one attached hydrogen (secondary N) is 1. The average molecular weight is 394 g/mol. The van der Waals surface area contributed by atoms with E-state index in [4.69, 9.17) is 0 Å². The number of nitrogens with zero attached hydrogens (tertiary/aromatic N) is 2. The van der Waals surface area contributed by atoms with E-state index in [9.17, 15) is 18.0 Å². The van der Waals surface area contributed by atoms with E-state index < -0.39 is 12.7 Å². The summed E-state index contributed by atoms with van der Waals surface area (Å²) in [6.07, 6.45) is -0.863. The van der Waals surface area contributed by atoms with E-state index in [1.54, 1.807) is 11.8 Å². The van der Waals surface area contributed by atoms with Gasteiger partial charge < -0.3 is 10.2 Å². The van der Waals surface area contributed by atoms with Crippen LogP contribution in [0.25, 0.3) is 0 Å². The molecular formula is C15H28Cl2F3N3O. The minimum absolute atomic E-state index is 0. The highest BCUT2D eigenvalue weighted by molar-refractivity contribution is 5.85. The monoisotopic (exact) mass is 393 g/mol. The van der Waals surface area contributed by atoms with Crippen LogP contribution in [0.2, 0.25) is 0 Å². The Morgan fingerprint density at radius 3 is 2.42 bits per heavy atom. The first-order valence-electron chi connectivity index (χ1n) is 8.15. The summed E-state index contributed by atoms with van der Waals surface area (Å²) < 4.78 is 37.4. The molecule has 1 atom stereocenters. The Labute approximate surface area is 154 Å². The van der Waals surface area contributed by atoms with Gasteiger partial charge in [0, 0.05) is 19.6 Å². The molecule has 9 heteroatoms. The van der Waals surface area contributed by atoms with Crippen molar-refractivity contribution >= 4 is 30.7 Å². The normalized spacial score (nSPS) is 20.7. The van der Waals surface area contributed by atoms with E-state index in [0.717, 1.165) is 18.9 Å². The zero-order chi connectivity index (χ0) is 16.2. The van der Waals surface area contributed by atoms with Crippen molar-refractivity contribution in [2.24, 2.45) is 11.8 Å². The van der Waals surface area contributed by atoms with E-state index in [2.05, 4.69) is 5.32 Å². The lowest BCUT2D eigenvalue weighted by atomic mass is 10.1. The largest absolute Gasteiger partial charge is 0.401 e. The molecule has 0 aromatic heterocycles. The maximum atomic E-state index is 12.5. The van der Waals surface area contributed by atoms with Crippen molar-refractivity contribution in [3.8, 4) is 0 Å². The number of hydrogen-bond acceptors (Lipinski definition) is 3. The molecule has 2 fully saturated rings. The first kappa shape index (κ1) is 23.8. The first-order chi connectivity index (χ1) is 10.4. The summed E-state index contributed by atoms with van der Waals surface area (Å²) in [4.78, 5) is 15.3. The van der Waals surface area contributed by atoms with Crippen LogP contribution < -0.4 is 5.32 Å². The number of carbonyl (C=O) groups is 1. The zero-order valence-electron chi connectivity index (χ0n) is 14.0. The fraction of sp³-hybridized carbons (Fsp3) is 0.933. The minimum atomic E-state index is -4.16. The van der Waals surface area contributed by atoms with Gasteiger partial charge in [0.05, 0.1) is 13.1 Å². The third kappa shape index (κ3) is 8.74. The summed E-state index contributed by atoms with van der Waals surface area (Å²) in [5.74, 6) is 0.955. The molecule has 1 saturated heterocycles. The topological polar surface area (TPSA) is 35.6 Å². The smallest absolute Gasteiger partial charge is 0.341 e. The van der Waals surface area contributed by atoms with Crippen molar-refractivity contribution in [1.29, 1.82) is 0 Å². The lowest BCUT2D eigenvalue weighted by Gasteiger charge is -2.25. The van der Waals surface area contributed by atoms with Crippen LogP contribution in [0.1, 0.15) is 26.2 Å². The number of likely N-dealkylation sites (tertiary alicyclic amines) is 1. The standard InChI is InChI=1S/C15H26F3N3O.2ClH/c1-2-20(11-15(16,17)18)9-13-5-6-21(10-13)14(22)8-19-7-12-3-4-12;;/h12-13,19H,2-11H2,1H3;2*1H. The maximum absolute atomic E-state index is 12.5. The van der Waals surface area contributed by atoms with E-state index in [-0.39, 0.29) is 36.6 Å². The van der Waals surface area contributed by atoms with Gasteiger partial charge in [-0.15, -0.1) is 24.8 Å². The van der Waals surface area contributed by atoms with Crippen LogP contribution in [0.4, 0.5) is 13.2 Å². The fourth-order valence-corrected chi connectivity index (χ4v) is 2.95. The molecule has 1 saturated carbocycles. The lowest BCUT2D eigenvalue weighted by molar-refractivity contribution is -0.146. The highest BCUT2D eigenvalue weighted by atomic mass is 35.5. The van der Waals surface area contributed by atoms with Crippen molar-refractivity contribution in [1.82, 2.24) is 15.1 Å². The second-order valence-electron chi connectivity index (χ2n) is 6.51. The number of carbonyl (C=O) groups excluding carboxylic acids is 1. The van der Waals surface area contributed by atoms with Crippen molar-refractivity contribution < 1.29 is 18.0 Å². The van der Waals surface area contributed by atoms with E-state index in [1.165, 1.54) is 17.7 Å². The Kier molecular flexibility index (Phi) is 10.6. The molecule has 1 aliphatic heterocycles. The van der Waals surface area contributed by atoms with Crippen LogP contribution >= 0.6 is 24.8 Å². The van der Waals surface area contributed by atoms with Crippen LogP contribution in [0, 0.1) is 11.8 Å². The summed E-state index contributed by atoms with van der Waals surface area (Å²) in [5.41, 5.74) is 0. The second kappa shape index (κ2) is 10.7. The predicted octanol–water partition coefficient (Wildman–Crippen LogP) is 2.56. The summed E-state index contributed by atoms with van der Waals surface area (Å²) >= 11 is 0. The highest BCUT2D eigenvalue weighted by Crippen LogP contribution is 2.27. The van der Waals surface area contributed by atoms with Gasteiger partial charge in [-0.1, -0.05) is 6.92 Å². The third-order valence-electron chi connectivity index (χ3n) is 4.41. The van der Waals surface area contributed by atoms with Crippen LogP contribution in [0.15, 0.2) is 0 Å². The van der Waals surface area contributed by atoms with Crippen molar-refractivity contribution in [3.63, 3.8) is 0 Å². The van der Waals surface area contributed by atoms with E-state index in [1.807, 2.05) is 0 Å². The molecule has 1 N–H and O–H groups in total. The van der Waals surface area contributed by atoms with Crippen molar-refractivity contribution in [2.45, 2.75) is 32.4 Å². The third-order valence-corrected chi connectivity index (χ3v) is 4.41. The van der Waals surface area contributed by atoms with E-state index in [0.29, 0.717) is 32.7 Å². The molecule has 2 aliphatic rings. The Bertz CT molecular complexity index is 381. The Hall–Kier alpha value is -0.240. The molecule has 1 heterocycles. The van der Waals surface area contributed by atoms with Gasteiger partial charge >= 0.3 is 6.18 Å². The summed E-state index contributed by atoms with van der Waals surface area (Å²) in [6.45, 7) is 4.17. The number of hydrogen-bond donors (Lipinski definition) is 1. The van der Waals surface area contributed by atoms with E-state index >= 15 is 0 Å². The SMILES string of the molecule is CCN(CC1CCN(C(=O)CNCC2CC2)C1)CC(F)(F)F.Cl.Cl. The van der Waals surface area contributed by atoms with Gasteiger partial charge in [-0.2, -0.15) is 13.2 Å². The molecule has 1 unspecified atom stereocenters. The maximum Gasteiger partial charge on any atom is 0.401 e. The Balaban J connectivity index is 0.00000264. The van der Waals surface area contributed by atoms with Gasteiger partial charge in [0.1, 0.15) is 0 Å². The Morgan fingerprint density at radius 2 is 1.88 bits per heavy atom. The van der Waals surface area contributed by atoms with Gasteiger partial charge in [0.25, 0.3) is 0 Å². The molecule has 144 valence electrons. The average Bonchev–Trinajstić information content (AvgIpc) is 3.13. The molecule has 2 rings (SSSR count). The number of amides is 1. The second-order valence-corrected chi connectivity index (χ2v) is 6.51. The predicted molar refractivity (Wildman–Crippen MR) is 92.9 cm³/mol. The van der Waals surface area contributed by atoms with Gasteiger partial charge in [-0.25, -0.2) is 0 Å². The molecule has 24 heavy (non-hydrogen) atoms. The number of halogens is 5. The number of rotatable bonds is 8. The summed E-state index contributed by atoms with van der Waals surface area (Å²) in [7, 11) is 0. The first-order valence-corrected chi connectivity index (χ1v) is 8.15. The summed E-state index contributed by atoms with van der Waals surface area (Å²) in [5, 5.41) is 3.17. The van der Waals surface area contributed by atoms with Crippen LogP contribution in [0.5, 0.6) is 0 Å². The Morgan fingerprint density at radius 1 is 1.21 bits per heavy atom. The van der Waals surface area contributed by atoms with Gasteiger partial charge in [-0.05, 0) is 44.2 Å². The van der Waals surface area contributed by atoms with Crippen molar-refractivity contribution in [3.05, 3.63) is 0 Å². The van der Waals surface area contributed by atoms with Crippen LogP contribution in [0.3, 0.4) is 0 Å². The van der Waals surface area contributed by atoms with Crippen LogP contribution in [-0.2, 0) is 4.79 Å². The zero-order valence-corrected chi connectivity index (χ0v) is 15.6. The van der Waals surface area contributed by atoms with Gasteiger partial charge in [-0.3, -0.25) is 9.69 Å². The summed E-state index contributed by atoms with van der Waals surface area (Å²) in [6, 6.07) is 0. The minimum Gasteiger partial charge on any atom is -0.341 e. The van der Waals surface area contributed by atoms with Crippen molar-refractivity contribution in [2.75, 3.05) is 45.8 Å². The van der Waals surface area contributed by atoms with Gasteiger partial charge in [0.15, 0.2) is 0 Å². The molecule has 0 radical (unpaired) electrons. The molecule has 0 bridgehead atoms. The molecule has 0 aromatic rings. The molecule has 4 nitrogen and oxygen atoms in total. The molecule has 1 amide bonds. The highest BCUT2D eigenvalue weighted by Gasteiger charge is 2.33. The molecule has 0 aromatic carbocycles. The molecular weight excluding hydrogens is 366 g/mol. The molecule has 0 spiro atoms. The fourth-order valence-electron chi connectivity index (χ4n) is 2.95. The molecule has 1 aliphatic carbocycles. The van der Waals surface area contributed by atoms with Gasteiger partial charge in [0.2, 0.25) is 5.91 Å². The number of alkyl halides is 3.